The van der Waals surface area contributed by atoms with Crippen LogP contribution in [0.3, 0.4) is 0 Å². The Hall–Kier alpha value is -1.09. The van der Waals surface area contributed by atoms with E-state index in [9.17, 15) is 0 Å². The second-order valence-corrected chi connectivity index (χ2v) is 5.82. The van der Waals surface area contributed by atoms with E-state index < -0.39 is 0 Å². The molecule has 0 saturated heterocycles. The second kappa shape index (κ2) is 6.38. The van der Waals surface area contributed by atoms with Gasteiger partial charge in [-0.3, -0.25) is 4.98 Å². The lowest BCUT2D eigenvalue weighted by Gasteiger charge is -2.41. The van der Waals surface area contributed by atoms with Gasteiger partial charge in [-0.2, -0.15) is 0 Å². The Morgan fingerprint density at radius 2 is 2.05 bits per heavy atom. The van der Waals surface area contributed by atoms with E-state index in [4.69, 9.17) is 4.74 Å². The van der Waals surface area contributed by atoms with Gasteiger partial charge in [-0.1, -0.05) is 26.2 Å². The van der Waals surface area contributed by atoms with Crippen LogP contribution in [0.1, 0.15) is 57.6 Å². The van der Waals surface area contributed by atoms with E-state index in [2.05, 4.69) is 30.3 Å². The Morgan fingerprint density at radius 1 is 1.32 bits per heavy atom. The van der Waals surface area contributed by atoms with Crippen molar-refractivity contribution in [3.05, 3.63) is 24.0 Å². The van der Waals surface area contributed by atoms with E-state index in [0.29, 0.717) is 18.1 Å². The SMILES string of the molecule is CCOc1cncc(C(NC)C2(C)CCCCC2)c1. The highest BCUT2D eigenvalue weighted by molar-refractivity contribution is 5.27. The van der Waals surface area contributed by atoms with Crippen molar-refractivity contribution in [1.29, 1.82) is 0 Å². The summed E-state index contributed by atoms with van der Waals surface area (Å²) >= 11 is 0. The van der Waals surface area contributed by atoms with Gasteiger partial charge in [0.15, 0.2) is 0 Å². The average molecular weight is 262 g/mol. The quantitative estimate of drug-likeness (QED) is 0.878. The first-order valence-electron chi connectivity index (χ1n) is 7.44. The zero-order valence-corrected chi connectivity index (χ0v) is 12.4. The molecule has 1 saturated carbocycles. The zero-order chi connectivity index (χ0) is 13.7. The van der Waals surface area contributed by atoms with Gasteiger partial charge in [0.25, 0.3) is 0 Å². The summed E-state index contributed by atoms with van der Waals surface area (Å²) in [5, 5.41) is 3.50. The first kappa shape index (κ1) is 14.3. The van der Waals surface area contributed by atoms with Crippen molar-refractivity contribution in [2.45, 2.75) is 52.0 Å². The number of hydrogen-bond acceptors (Lipinski definition) is 3. The molecule has 1 fully saturated rings. The molecule has 106 valence electrons. The highest BCUT2D eigenvalue weighted by Gasteiger charge is 2.35. The van der Waals surface area contributed by atoms with E-state index in [0.717, 1.165) is 5.75 Å². The summed E-state index contributed by atoms with van der Waals surface area (Å²) in [6, 6.07) is 2.50. The van der Waals surface area contributed by atoms with Gasteiger partial charge in [-0.25, -0.2) is 0 Å². The lowest BCUT2D eigenvalue weighted by molar-refractivity contribution is 0.150. The standard InChI is InChI=1S/C16H26N2O/c1-4-19-14-10-13(11-18-12-14)15(17-3)16(2)8-6-5-7-9-16/h10-12,15,17H,4-9H2,1-3H3. The van der Waals surface area contributed by atoms with E-state index in [-0.39, 0.29) is 0 Å². The summed E-state index contributed by atoms with van der Waals surface area (Å²) in [7, 11) is 2.05. The number of rotatable bonds is 5. The predicted octanol–water partition coefficient (Wildman–Crippen LogP) is 3.71. The Bertz CT molecular complexity index is 399. The fourth-order valence-electron chi connectivity index (χ4n) is 3.40. The van der Waals surface area contributed by atoms with E-state index in [1.165, 1.54) is 37.7 Å². The van der Waals surface area contributed by atoms with Crippen LogP contribution in [0.2, 0.25) is 0 Å². The smallest absolute Gasteiger partial charge is 0.137 e. The van der Waals surface area contributed by atoms with Gasteiger partial charge in [0, 0.05) is 12.2 Å². The largest absolute Gasteiger partial charge is 0.492 e. The minimum absolute atomic E-state index is 0.333. The number of pyridine rings is 1. The lowest BCUT2D eigenvalue weighted by atomic mass is 9.69. The first-order valence-corrected chi connectivity index (χ1v) is 7.44. The fourth-order valence-corrected chi connectivity index (χ4v) is 3.40. The minimum atomic E-state index is 0.333. The molecular weight excluding hydrogens is 236 g/mol. The minimum Gasteiger partial charge on any atom is -0.492 e. The molecule has 1 atom stereocenters. The average Bonchev–Trinajstić information content (AvgIpc) is 2.41. The number of hydrogen-bond donors (Lipinski definition) is 1. The van der Waals surface area contributed by atoms with Crippen molar-refractivity contribution in [3.8, 4) is 5.75 Å². The Labute approximate surface area is 116 Å². The van der Waals surface area contributed by atoms with Crippen molar-refractivity contribution in [2.75, 3.05) is 13.7 Å². The van der Waals surface area contributed by atoms with E-state index >= 15 is 0 Å². The molecule has 2 rings (SSSR count). The van der Waals surface area contributed by atoms with Crippen LogP contribution >= 0.6 is 0 Å². The Morgan fingerprint density at radius 3 is 2.68 bits per heavy atom. The summed E-state index contributed by atoms with van der Waals surface area (Å²) in [5.41, 5.74) is 1.58. The number of nitrogens with one attached hydrogen (secondary N) is 1. The fraction of sp³-hybridized carbons (Fsp3) is 0.688. The molecule has 1 aromatic rings. The predicted molar refractivity (Wildman–Crippen MR) is 78.4 cm³/mol. The van der Waals surface area contributed by atoms with Gasteiger partial charge in [0.1, 0.15) is 5.75 Å². The van der Waals surface area contributed by atoms with Crippen LogP contribution < -0.4 is 10.1 Å². The molecule has 1 N–H and O–H groups in total. The molecule has 0 amide bonds. The molecule has 0 aromatic carbocycles. The molecular formula is C16H26N2O. The highest BCUT2D eigenvalue weighted by atomic mass is 16.5. The molecule has 0 bridgehead atoms. The van der Waals surface area contributed by atoms with Crippen molar-refractivity contribution in [2.24, 2.45) is 5.41 Å². The van der Waals surface area contributed by atoms with Crippen LogP contribution in [0, 0.1) is 5.41 Å². The van der Waals surface area contributed by atoms with Gasteiger partial charge in [0.2, 0.25) is 0 Å². The summed E-state index contributed by atoms with van der Waals surface area (Å²) < 4.78 is 5.57. The van der Waals surface area contributed by atoms with Gasteiger partial charge < -0.3 is 10.1 Å². The lowest BCUT2D eigenvalue weighted by Crippen LogP contribution is -2.36. The third kappa shape index (κ3) is 3.27. The number of ether oxygens (including phenoxy) is 1. The maximum absolute atomic E-state index is 5.57. The number of aromatic nitrogens is 1. The Kier molecular flexibility index (Phi) is 4.81. The molecule has 3 nitrogen and oxygen atoms in total. The molecule has 0 spiro atoms. The summed E-state index contributed by atoms with van der Waals surface area (Å²) in [6.45, 7) is 5.10. The van der Waals surface area contributed by atoms with Crippen molar-refractivity contribution in [3.63, 3.8) is 0 Å². The van der Waals surface area contributed by atoms with Crippen LogP contribution in [0.4, 0.5) is 0 Å². The van der Waals surface area contributed by atoms with Crippen molar-refractivity contribution in [1.82, 2.24) is 10.3 Å². The normalized spacial score (nSPS) is 19.9. The molecule has 1 aliphatic rings. The van der Waals surface area contributed by atoms with Gasteiger partial charge in [-0.05, 0) is 43.9 Å². The topological polar surface area (TPSA) is 34.1 Å². The molecule has 3 heteroatoms. The van der Waals surface area contributed by atoms with E-state index in [1.54, 1.807) is 6.20 Å². The molecule has 19 heavy (non-hydrogen) atoms. The maximum atomic E-state index is 5.57. The monoisotopic (exact) mass is 262 g/mol. The molecule has 1 heterocycles. The van der Waals surface area contributed by atoms with Crippen LogP contribution in [-0.2, 0) is 0 Å². The van der Waals surface area contributed by atoms with E-state index in [1.807, 2.05) is 13.1 Å². The van der Waals surface area contributed by atoms with Crippen molar-refractivity contribution < 1.29 is 4.74 Å². The van der Waals surface area contributed by atoms with Crippen molar-refractivity contribution >= 4 is 0 Å². The summed E-state index contributed by atoms with van der Waals surface area (Å²) in [4.78, 5) is 4.33. The third-order valence-corrected chi connectivity index (χ3v) is 4.36. The second-order valence-electron chi connectivity index (χ2n) is 5.82. The van der Waals surface area contributed by atoms with Crippen LogP contribution in [0.15, 0.2) is 18.5 Å². The maximum Gasteiger partial charge on any atom is 0.137 e. The molecule has 1 aliphatic carbocycles. The molecule has 0 aliphatic heterocycles. The zero-order valence-electron chi connectivity index (χ0n) is 12.4. The molecule has 0 radical (unpaired) electrons. The van der Waals surface area contributed by atoms with Gasteiger partial charge in [-0.15, -0.1) is 0 Å². The summed E-state index contributed by atoms with van der Waals surface area (Å²) in [5.74, 6) is 0.875. The number of nitrogens with zero attached hydrogens (tertiary/aromatic N) is 1. The van der Waals surface area contributed by atoms with Gasteiger partial charge in [0.05, 0.1) is 12.8 Å². The highest BCUT2D eigenvalue weighted by Crippen LogP contribution is 2.45. The molecule has 1 unspecified atom stereocenters. The first-order chi connectivity index (χ1) is 9.19. The Balaban J connectivity index is 2.22. The van der Waals surface area contributed by atoms with Crippen LogP contribution in [0.25, 0.3) is 0 Å². The van der Waals surface area contributed by atoms with Crippen LogP contribution in [0.5, 0.6) is 5.75 Å². The summed E-state index contributed by atoms with van der Waals surface area (Å²) in [6.07, 6.45) is 10.4. The van der Waals surface area contributed by atoms with Gasteiger partial charge >= 0.3 is 0 Å². The van der Waals surface area contributed by atoms with Crippen LogP contribution in [-0.4, -0.2) is 18.6 Å². The third-order valence-electron chi connectivity index (χ3n) is 4.36. The molecule has 1 aromatic heterocycles.